The third-order valence-electron chi connectivity index (χ3n) is 6.98. The van der Waals surface area contributed by atoms with Crippen LogP contribution in [0.25, 0.3) is 0 Å². The van der Waals surface area contributed by atoms with Crippen molar-refractivity contribution in [3.63, 3.8) is 0 Å². The van der Waals surface area contributed by atoms with Crippen molar-refractivity contribution >= 4 is 11.5 Å². The van der Waals surface area contributed by atoms with Gasteiger partial charge in [0.25, 0.3) is 0 Å². The van der Waals surface area contributed by atoms with E-state index in [1.54, 1.807) is 6.20 Å². The number of ketones is 1. The average molecular weight is 472 g/mol. The molecule has 182 valence electrons. The lowest BCUT2D eigenvalue weighted by atomic mass is 9.93. The van der Waals surface area contributed by atoms with Crippen LogP contribution in [0.1, 0.15) is 60.1 Å². The molecular weight excluding hydrogens is 438 g/mol. The van der Waals surface area contributed by atoms with Gasteiger partial charge in [-0.2, -0.15) is 0 Å². The largest absolute Gasteiger partial charge is 0.493 e. The fraction of sp³-hybridized carbons (Fsp3) is 0.414. The lowest BCUT2D eigenvalue weighted by Crippen LogP contribution is -2.24. The number of anilines is 1. The second-order valence-electron chi connectivity index (χ2n) is 9.84. The molecule has 3 aromatic rings. The summed E-state index contributed by atoms with van der Waals surface area (Å²) in [5, 5.41) is 0. The highest BCUT2D eigenvalue weighted by atomic mass is 16.5. The van der Waals surface area contributed by atoms with E-state index in [2.05, 4.69) is 58.2 Å². The first-order valence-corrected chi connectivity index (χ1v) is 12.6. The van der Waals surface area contributed by atoms with Gasteiger partial charge in [-0.1, -0.05) is 19.1 Å². The first-order chi connectivity index (χ1) is 17.0. The predicted molar refractivity (Wildman–Crippen MR) is 136 cm³/mol. The number of aromatic nitrogens is 2. The number of ether oxygens (including phenoxy) is 2. The van der Waals surface area contributed by atoms with Gasteiger partial charge in [0.1, 0.15) is 23.9 Å². The number of rotatable bonds is 10. The molecule has 0 unspecified atom stereocenters. The summed E-state index contributed by atoms with van der Waals surface area (Å²) in [7, 11) is 0. The van der Waals surface area contributed by atoms with Crippen molar-refractivity contribution in [1.82, 2.24) is 9.97 Å². The summed E-state index contributed by atoms with van der Waals surface area (Å²) in [6.07, 6.45) is 7.26. The fourth-order valence-corrected chi connectivity index (χ4v) is 4.55. The highest BCUT2D eigenvalue weighted by molar-refractivity contribution is 5.97. The fourth-order valence-electron chi connectivity index (χ4n) is 4.55. The van der Waals surface area contributed by atoms with Gasteiger partial charge in [-0.15, -0.1) is 0 Å². The van der Waals surface area contributed by atoms with Crippen LogP contribution in [-0.2, 0) is 0 Å². The van der Waals surface area contributed by atoms with Crippen molar-refractivity contribution < 1.29 is 14.3 Å². The molecule has 0 amide bonds. The van der Waals surface area contributed by atoms with E-state index in [9.17, 15) is 4.79 Å². The minimum absolute atomic E-state index is 0.0736. The summed E-state index contributed by atoms with van der Waals surface area (Å²) in [5.74, 6) is 2.77. The molecule has 2 fully saturated rings. The summed E-state index contributed by atoms with van der Waals surface area (Å²) in [5.41, 5.74) is 3.66. The molecule has 1 aliphatic heterocycles. The Bertz CT molecular complexity index is 1140. The zero-order valence-electron chi connectivity index (χ0n) is 20.5. The van der Waals surface area contributed by atoms with E-state index in [0.29, 0.717) is 12.0 Å². The Morgan fingerprint density at radius 2 is 1.80 bits per heavy atom. The Morgan fingerprint density at radius 3 is 2.51 bits per heavy atom. The van der Waals surface area contributed by atoms with Crippen molar-refractivity contribution in [1.29, 1.82) is 0 Å². The topological polar surface area (TPSA) is 64.5 Å². The van der Waals surface area contributed by atoms with Gasteiger partial charge < -0.3 is 14.4 Å². The van der Waals surface area contributed by atoms with Gasteiger partial charge in [-0.05, 0) is 73.6 Å². The van der Waals surface area contributed by atoms with E-state index in [1.165, 1.54) is 24.9 Å². The van der Waals surface area contributed by atoms with Crippen LogP contribution in [0.5, 0.6) is 11.5 Å². The van der Waals surface area contributed by atoms with Crippen molar-refractivity contribution in [2.45, 2.75) is 51.6 Å². The SMILES string of the molecule is Cc1ncncc1C(=O)C[C@@H](C)c1ccc(O[C@@H]2CCN(c3ccc(OCC4CC4)cc3)C2)cc1. The van der Waals surface area contributed by atoms with Gasteiger partial charge in [0.15, 0.2) is 5.78 Å². The first kappa shape index (κ1) is 23.3. The number of Topliss-reactive ketones (excluding diaryl/α,β-unsaturated/α-hetero) is 1. The Hall–Kier alpha value is -3.41. The van der Waals surface area contributed by atoms with Crippen LogP contribution in [0.3, 0.4) is 0 Å². The Labute approximate surface area is 207 Å². The van der Waals surface area contributed by atoms with Gasteiger partial charge in [-0.25, -0.2) is 9.97 Å². The third kappa shape index (κ3) is 5.99. The highest BCUT2D eigenvalue weighted by Crippen LogP contribution is 2.31. The Balaban J connectivity index is 1.11. The van der Waals surface area contributed by atoms with E-state index >= 15 is 0 Å². The van der Waals surface area contributed by atoms with E-state index in [-0.39, 0.29) is 17.8 Å². The van der Waals surface area contributed by atoms with Crippen molar-refractivity contribution in [3.8, 4) is 11.5 Å². The number of nitrogens with zero attached hydrogens (tertiary/aromatic N) is 3. The van der Waals surface area contributed by atoms with E-state index in [4.69, 9.17) is 9.47 Å². The number of hydrogen-bond donors (Lipinski definition) is 0. The molecule has 0 N–H and O–H groups in total. The van der Waals surface area contributed by atoms with E-state index in [0.717, 1.165) is 54.8 Å². The molecule has 5 rings (SSSR count). The van der Waals surface area contributed by atoms with Gasteiger partial charge in [0.05, 0.1) is 24.4 Å². The smallest absolute Gasteiger partial charge is 0.166 e. The maximum atomic E-state index is 12.7. The number of carbonyl (C=O) groups is 1. The van der Waals surface area contributed by atoms with Crippen molar-refractivity contribution in [2.75, 3.05) is 24.6 Å². The average Bonchev–Trinajstić information content (AvgIpc) is 3.60. The minimum Gasteiger partial charge on any atom is -0.493 e. The molecule has 35 heavy (non-hydrogen) atoms. The standard InChI is InChI=1S/C29H33N3O3/c1-20(15-29(33)28-16-30-19-31-21(28)2)23-5-9-26(10-6-23)35-27-13-14-32(17-27)24-7-11-25(12-8-24)34-18-22-3-4-22/h5-12,16,19-20,22,27H,3-4,13-15,17-18H2,1-2H3/t20-,27-/m1/s1. The van der Waals surface area contributed by atoms with Crippen LogP contribution in [0.4, 0.5) is 5.69 Å². The van der Waals surface area contributed by atoms with Crippen LogP contribution >= 0.6 is 0 Å². The lowest BCUT2D eigenvalue weighted by Gasteiger charge is -2.20. The van der Waals surface area contributed by atoms with Crippen LogP contribution in [-0.4, -0.2) is 41.6 Å². The molecule has 1 saturated carbocycles. The predicted octanol–water partition coefficient (Wildman–Crippen LogP) is 5.61. The van der Waals surface area contributed by atoms with Gasteiger partial charge in [0, 0.05) is 31.3 Å². The lowest BCUT2D eigenvalue weighted by molar-refractivity contribution is 0.0974. The first-order valence-electron chi connectivity index (χ1n) is 12.6. The number of carbonyl (C=O) groups excluding carboxylic acids is 1. The van der Waals surface area contributed by atoms with Crippen LogP contribution in [0.15, 0.2) is 61.1 Å². The molecule has 6 nitrogen and oxygen atoms in total. The molecule has 0 spiro atoms. The zero-order chi connectivity index (χ0) is 24.2. The molecule has 6 heteroatoms. The second-order valence-corrected chi connectivity index (χ2v) is 9.84. The number of aryl methyl sites for hydroxylation is 1. The second kappa shape index (κ2) is 10.5. The zero-order valence-corrected chi connectivity index (χ0v) is 20.5. The quantitative estimate of drug-likeness (QED) is 0.358. The van der Waals surface area contributed by atoms with Gasteiger partial charge in [0.2, 0.25) is 0 Å². The molecule has 1 aromatic heterocycles. The highest BCUT2D eigenvalue weighted by Gasteiger charge is 2.25. The molecule has 0 radical (unpaired) electrons. The Kier molecular flexibility index (Phi) is 6.98. The number of hydrogen-bond acceptors (Lipinski definition) is 6. The summed E-state index contributed by atoms with van der Waals surface area (Å²) in [4.78, 5) is 23.1. The summed E-state index contributed by atoms with van der Waals surface area (Å²) >= 11 is 0. The molecule has 2 atom stereocenters. The molecule has 0 bridgehead atoms. The summed E-state index contributed by atoms with van der Waals surface area (Å²) in [6.45, 7) is 6.61. The molecule has 2 heterocycles. The van der Waals surface area contributed by atoms with Crippen molar-refractivity contribution in [3.05, 3.63) is 77.9 Å². The maximum absolute atomic E-state index is 12.7. The summed E-state index contributed by atoms with van der Waals surface area (Å²) in [6, 6.07) is 16.6. The molecule has 2 aliphatic rings. The van der Waals surface area contributed by atoms with Gasteiger partial charge in [-0.3, -0.25) is 4.79 Å². The molecule has 1 saturated heterocycles. The van der Waals surface area contributed by atoms with E-state index < -0.39 is 0 Å². The monoisotopic (exact) mass is 471 g/mol. The van der Waals surface area contributed by atoms with Crippen LogP contribution in [0, 0.1) is 12.8 Å². The van der Waals surface area contributed by atoms with Crippen LogP contribution < -0.4 is 14.4 Å². The number of benzene rings is 2. The molecular formula is C29H33N3O3. The minimum atomic E-state index is 0.0736. The maximum Gasteiger partial charge on any atom is 0.166 e. The van der Waals surface area contributed by atoms with Gasteiger partial charge >= 0.3 is 0 Å². The Morgan fingerprint density at radius 1 is 1.06 bits per heavy atom. The molecule has 2 aromatic carbocycles. The third-order valence-corrected chi connectivity index (χ3v) is 6.98. The molecule has 1 aliphatic carbocycles. The normalized spacial score (nSPS) is 18.3. The van der Waals surface area contributed by atoms with Crippen molar-refractivity contribution in [2.24, 2.45) is 5.92 Å². The summed E-state index contributed by atoms with van der Waals surface area (Å²) < 4.78 is 12.1. The van der Waals surface area contributed by atoms with E-state index in [1.807, 2.05) is 19.1 Å². The van der Waals surface area contributed by atoms with Crippen LogP contribution in [0.2, 0.25) is 0 Å².